The Bertz CT molecular complexity index is 873. The second-order valence-electron chi connectivity index (χ2n) is 11.9. The van der Waals surface area contributed by atoms with Gasteiger partial charge in [0.15, 0.2) is 5.78 Å². The van der Waals surface area contributed by atoms with Gasteiger partial charge in [-0.3, -0.25) is 4.79 Å². The Balaban J connectivity index is 1.49. The van der Waals surface area contributed by atoms with Crippen molar-refractivity contribution in [2.24, 2.45) is 28.6 Å². The zero-order valence-electron chi connectivity index (χ0n) is 20.5. The Hall–Kier alpha value is -1.45. The molecule has 0 bridgehead atoms. The van der Waals surface area contributed by atoms with Crippen molar-refractivity contribution < 1.29 is 15.0 Å². The maximum absolute atomic E-state index is 12.6. The van der Waals surface area contributed by atoms with Crippen LogP contribution < -0.4 is 0 Å². The number of aliphatic hydroxyl groups excluding tert-OH is 2. The first-order valence-electron chi connectivity index (χ1n) is 12.7. The van der Waals surface area contributed by atoms with Gasteiger partial charge in [-0.1, -0.05) is 58.1 Å². The first kappa shape index (κ1) is 23.7. The third-order valence-electron chi connectivity index (χ3n) is 9.54. The van der Waals surface area contributed by atoms with Crippen LogP contribution in [0.3, 0.4) is 0 Å². The topological polar surface area (TPSA) is 57.5 Å². The molecule has 4 rings (SSSR count). The van der Waals surface area contributed by atoms with Crippen LogP contribution in [0, 0.1) is 28.6 Å². The predicted molar refractivity (Wildman–Crippen MR) is 130 cm³/mol. The number of aliphatic hydroxyl groups is 2. The van der Waals surface area contributed by atoms with Gasteiger partial charge in [0.25, 0.3) is 0 Å². The molecule has 32 heavy (non-hydrogen) atoms. The number of fused-ring (bicyclic) bond motifs is 1. The van der Waals surface area contributed by atoms with Crippen LogP contribution in [-0.4, -0.2) is 28.2 Å². The van der Waals surface area contributed by atoms with E-state index < -0.39 is 12.2 Å². The quantitative estimate of drug-likeness (QED) is 0.525. The van der Waals surface area contributed by atoms with Crippen LogP contribution in [0.2, 0.25) is 0 Å². The van der Waals surface area contributed by atoms with E-state index in [9.17, 15) is 15.0 Å². The predicted octanol–water partition coefficient (Wildman–Crippen LogP) is 6.08. The van der Waals surface area contributed by atoms with Crippen LogP contribution >= 0.6 is 0 Å². The van der Waals surface area contributed by atoms with Crippen molar-refractivity contribution in [1.29, 1.82) is 0 Å². The van der Waals surface area contributed by atoms with Crippen LogP contribution in [0.5, 0.6) is 0 Å². The number of carbonyl (C=O) groups is 1. The molecular formula is C29H42O3. The van der Waals surface area contributed by atoms with Gasteiger partial charge < -0.3 is 10.2 Å². The van der Waals surface area contributed by atoms with E-state index in [0.29, 0.717) is 29.5 Å². The van der Waals surface area contributed by atoms with Gasteiger partial charge in [-0.25, -0.2) is 0 Å². The van der Waals surface area contributed by atoms with Gasteiger partial charge in [-0.15, -0.1) is 0 Å². The highest BCUT2D eigenvalue weighted by Gasteiger charge is 2.48. The van der Waals surface area contributed by atoms with E-state index in [-0.39, 0.29) is 11.3 Å². The minimum absolute atomic E-state index is 0.160. The molecular weight excluding hydrogens is 396 g/mol. The van der Waals surface area contributed by atoms with E-state index >= 15 is 0 Å². The summed E-state index contributed by atoms with van der Waals surface area (Å²) in [5.74, 6) is 1.44. The maximum atomic E-state index is 12.6. The second kappa shape index (κ2) is 8.72. The van der Waals surface area contributed by atoms with E-state index in [1.54, 1.807) is 0 Å². The Morgan fingerprint density at radius 2 is 1.81 bits per heavy atom. The summed E-state index contributed by atoms with van der Waals surface area (Å²) < 4.78 is 0. The number of Topliss-reactive ketones (excluding diaryl/α,β-unsaturated/α-hetero) is 1. The third kappa shape index (κ3) is 4.12. The average Bonchev–Trinajstić information content (AvgIpc) is 3.22. The molecule has 0 saturated heterocycles. The van der Waals surface area contributed by atoms with Crippen molar-refractivity contribution in [2.75, 3.05) is 0 Å². The van der Waals surface area contributed by atoms with Gasteiger partial charge >= 0.3 is 0 Å². The molecule has 0 spiro atoms. The summed E-state index contributed by atoms with van der Waals surface area (Å²) in [6.07, 6.45) is 15.1. The number of hydrogen-bond donors (Lipinski definition) is 2. The van der Waals surface area contributed by atoms with E-state index in [2.05, 4.69) is 45.6 Å². The van der Waals surface area contributed by atoms with Gasteiger partial charge in [-0.2, -0.15) is 0 Å². The molecule has 3 heteroatoms. The lowest BCUT2D eigenvalue weighted by atomic mass is 9.63. The van der Waals surface area contributed by atoms with Gasteiger partial charge in [0, 0.05) is 11.3 Å². The minimum atomic E-state index is -0.660. The summed E-state index contributed by atoms with van der Waals surface area (Å²) in [6.45, 7) is 12.6. The van der Waals surface area contributed by atoms with Crippen molar-refractivity contribution in [1.82, 2.24) is 0 Å². The van der Waals surface area contributed by atoms with Crippen LogP contribution in [0.4, 0.5) is 0 Å². The SMILES string of the molecule is C=C1/C(=C\C=C2/CCCC3(C)C(C/C=C4\CCC(C)(C)C4=O)CCC23)CC(O)C(C)C1O. The average molecular weight is 439 g/mol. The molecule has 0 radical (unpaired) electrons. The van der Waals surface area contributed by atoms with Crippen molar-refractivity contribution in [2.45, 2.75) is 97.7 Å². The van der Waals surface area contributed by atoms with Gasteiger partial charge in [0.1, 0.15) is 0 Å². The molecule has 0 aromatic heterocycles. The fourth-order valence-electron chi connectivity index (χ4n) is 6.96. The Kier molecular flexibility index (Phi) is 6.46. The Labute approximate surface area is 194 Å². The number of rotatable bonds is 3. The summed E-state index contributed by atoms with van der Waals surface area (Å²) >= 11 is 0. The lowest BCUT2D eigenvalue weighted by Crippen LogP contribution is -2.36. The number of ketones is 1. The molecule has 0 aliphatic heterocycles. The smallest absolute Gasteiger partial charge is 0.164 e. The molecule has 176 valence electrons. The molecule has 6 atom stereocenters. The highest BCUT2D eigenvalue weighted by Crippen LogP contribution is 2.58. The largest absolute Gasteiger partial charge is 0.392 e. The normalized spacial score (nSPS) is 43.4. The highest BCUT2D eigenvalue weighted by atomic mass is 16.3. The first-order chi connectivity index (χ1) is 15.0. The number of allylic oxidation sites excluding steroid dienone is 5. The molecule has 4 aliphatic rings. The summed E-state index contributed by atoms with van der Waals surface area (Å²) in [7, 11) is 0. The molecule has 0 aromatic rings. The van der Waals surface area contributed by atoms with Crippen LogP contribution in [0.25, 0.3) is 0 Å². The zero-order chi connectivity index (χ0) is 23.3. The Morgan fingerprint density at radius 1 is 1.06 bits per heavy atom. The molecule has 4 saturated carbocycles. The summed E-state index contributed by atoms with van der Waals surface area (Å²) in [4.78, 5) is 12.6. The molecule has 6 unspecified atom stereocenters. The molecule has 3 nitrogen and oxygen atoms in total. The van der Waals surface area contributed by atoms with E-state index in [4.69, 9.17) is 0 Å². The van der Waals surface area contributed by atoms with E-state index in [1.165, 1.54) is 31.3 Å². The molecule has 0 aromatic carbocycles. The second-order valence-corrected chi connectivity index (χ2v) is 11.9. The van der Waals surface area contributed by atoms with E-state index in [0.717, 1.165) is 42.4 Å². The van der Waals surface area contributed by atoms with Crippen molar-refractivity contribution in [3.63, 3.8) is 0 Å². The van der Waals surface area contributed by atoms with Crippen molar-refractivity contribution in [3.05, 3.63) is 47.1 Å². The monoisotopic (exact) mass is 438 g/mol. The van der Waals surface area contributed by atoms with Gasteiger partial charge in [0.05, 0.1) is 12.2 Å². The lowest BCUT2D eigenvalue weighted by Gasteiger charge is -2.42. The van der Waals surface area contributed by atoms with Gasteiger partial charge in [-0.05, 0) is 91.8 Å². The van der Waals surface area contributed by atoms with E-state index in [1.807, 2.05) is 6.92 Å². The van der Waals surface area contributed by atoms with Crippen molar-refractivity contribution in [3.8, 4) is 0 Å². The molecule has 2 N–H and O–H groups in total. The molecule has 0 amide bonds. The van der Waals surface area contributed by atoms with Crippen molar-refractivity contribution >= 4 is 5.78 Å². The number of hydrogen-bond acceptors (Lipinski definition) is 3. The van der Waals surface area contributed by atoms with Crippen LogP contribution in [0.15, 0.2) is 47.1 Å². The Morgan fingerprint density at radius 3 is 2.50 bits per heavy atom. The van der Waals surface area contributed by atoms with Crippen LogP contribution in [0.1, 0.15) is 85.5 Å². The minimum Gasteiger partial charge on any atom is -0.392 e. The summed E-state index contributed by atoms with van der Waals surface area (Å²) in [6, 6.07) is 0. The molecule has 0 heterocycles. The highest BCUT2D eigenvalue weighted by molar-refractivity contribution is 6.01. The molecule has 4 fully saturated rings. The lowest BCUT2D eigenvalue weighted by molar-refractivity contribution is -0.121. The molecule has 4 aliphatic carbocycles. The number of carbonyl (C=O) groups excluding carboxylic acids is 1. The summed E-state index contributed by atoms with van der Waals surface area (Å²) in [5, 5.41) is 20.7. The zero-order valence-corrected chi connectivity index (χ0v) is 20.5. The first-order valence-corrected chi connectivity index (χ1v) is 12.7. The standard InChI is InChI=1S/C29H42O3/c1-18-22(17-25(30)19(2)26(18)31)9-8-20-7-6-15-29(5)23(12-13-24(20)29)11-10-21-14-16-28(3,4)27(21)32/h8-10,19,23-26,30-31H,1,6-7,11-17H2,2-5H3/b20-8+,21-10+,22-9-. The fourth-order valence-corrected chi connectivity index (χ4v) is 6.96. The van der Waals surface area contributed by atoms with Crippen LogP contribution in [-0.2, 0) is 4.79 Å². The maximum Gasteiger partial charge on any atom is 0.164 e. The third-order valence-corrected chi connectivity index (χ3v) is 9.54. The fraction of sp³-hybridized carbons (Fsp3) is 0.690. The summed E-state index contributed by atoms with van der Waals surface area (Å²) in [5.41, 5.74) is 4.47. The van der Waals surface area contributed by atoms with Gasteiger partial charge in [0.2, 0.25) is 0 Å².